The zero-order chi connectivity index (χ0) is 20.5. The molecule has 0 bridgehead atoms. The van der Waals surface area contributed by atoms with Gasteiger partial charge >= 0.3 is 6.18 Å². The molecule has 0 radical (unpaired) electrons. The first-order chi connectivity index (χ1) is 12.3. The third-order valence-electron chi connectivity index (χ3n) is 4.69. The predicted octanol–water partition coefficient (Wildman–Crippen LogP) is 6.20. The average molecular weight is 400 g/mol. The molecule has 6 heteroatoms. The monoisotopic (exact) mass is 400 g/mol. The zero-order valence-corrected chi connectivity index (χ0v) is 16.6. The Hall–Kier alpha value is -1.53. The van der Waals surface area contributed by atoms with Crippen molar-refractivity contribution >= 4 is 11.8 Å². The second kappa shape index (κ2) is 7.84. The Morgan fingerprint density at radius 2 is 1.56 bits per heavy atom. The van der Waals surface area contributed by atoms with Crippen molar-refractivity contribution < 1.29 is 22.7 Å². The van der Waals surface area contributed by atoms with E-state index in [1.807, 2.05) is 19.1 Å². The molecule has 0 amide bonds. The van der Waals surface area contributed by atoms with E-state index in [1.165, 1.54) is 12.1 Å². The maximum absolute atomic E-state index is 13.8. The summed E-state index contributed by atoms with van der Waals surface area (Å²) in [5, 5.41) is 10.6. The van der Waals surface area contributed by atoms with Gasteiger partial charge in [-0.3, -0.25) is 0 Å². The molecular weight excluding hydrogens is 376 g/mol. The largest absolute Gasteiger partial charge is 0.418 e. The summed E-state index contributed by atoms with van der Waals surface area (Å²) in [6.45, 7) is 6.82. The molecule has 0 saturated carbocycles. The number of aliphatic hydroxyl groups is 1. The third kappa shape index (κ3) is 5.26. The summed E-state index contributed by atoms with van der Waals surface area (Å²) in [7, 11) is 0. The van der Waals surface area contributed by atoms with Crippen LogP contribution in [0, 0.1) is 19.7 Å². The predicted molar refractivity (Wildman–Crippen MR) is 102 cm³/mol. The molecule has 1 N–H and O–H groups in total. The maximum atomic E-state index is 13.8. The first kappa shape index (κ1) is 21.8. The Labute approximate surface area is 161 Å². The lowest BCUT2D eigenvalue weighted by molar-refractivity contribution is -0.256. The van der Waals surface area contributed by atoms with E-state index >= 15 is 0 Å². The van der Waals surface area contributed by atoms with Crippen LogP contribution in [0.5, 0.6) is 0 Å². The van der Waals surface area contributed by atoms with Crippen LogP contribution in [0.15, 0.2) is 47.4 Å². The van der Waals surface area contributed by atoms with Gasteiger partial charge in [0, 0.05) is 10.6 Å². The number of rotatable bonds is 6. The molecule has 0 aromatic heterocycles. The number of benzene rings is 2. The third-order valence-corrected chi connectivity index (χ3v) is 5.92. The summed E-state index contributed by atoms with van der Waals surface area (Å²) in [6.07, 6.45) is -5.37. The van der Waals surface area contributed by atoms with Crippen molar-refractivity contribution in [2.45, 2.75) is 56.2 Å². The molecule has 0 aliphatic rings. The van der Waals surface area contributed by atoms with Gasteiger partial charge in [-0.2, -0.15) is 13.2 Å². The zero-order valence-electron chi connectivity index (χ0n) is 15.8. The first-order valence-electron chi connectivity index (χ1n) is 8.59. The molecule has 27 heavy (non-hydrogen) atoms. The molecule has 0 aliphatic carbocycles. The van der Waals surface area contributed by atoms with Crippen LogP contribution >= 0.6 is 11.8 Å². The first-order valence-corrected chi connectivity index (χ1v) is 9.58. The average Bonchev–Trinajstić information content (AvgIpc) is 2.55. The summed E-state index contributed by atoms with van der Waals surface area (Å²) < 4.78 is 54.9. The van der Waals surface area contributed by atoms with E-state index in [9.17, 15) is 22.7 Å². The lowest BCUT2D eigenvalue weighted by Crippen LogP contribution is -2.51. The van der Waals surface area contributed by atoms with E-state index in [4.69, 9.17) is 0 Å². The minimum Gasteiger partial charge on any atom is -0.380 e. The van der Waals surface area contributed by atoms with Gasteiger partial charge in [0.25, 0.3) is 0 Å². The Kier molecular flexibility index (Phi) is 6.32. The second-order valence-corrected chi connectivity index (χ2v) is 8.70. The highest BCUT2D eigenvalue weighted by Gasteiger charge is 2.55. The fourth-order valence-corrected chi connectivity index (χ4v) is 4.22. The molecule has 2 aromatic rings. The van der Waals surface area contributed by atoms with Gasteiger partial charge in [0.1, 0.15) is 5.82 Å². The van der Waals surface area contributed by atoms with E-state index in [0.29, 0.717) is 16.0 Å². The van der Waals surface area contributed by atoms with Crippen molar-refractivity contribution in [3.63, 3.8) is 0 Å². The van der Waals surface area contributed by atoms with E-state index in [1.54, 1.807) is 39.0 Å². The van der Waals surface area contributed by atoms with Crippen LogP contribution in [0.1, 0.15) is 37.0 Å². The van der Waals surface area contributed by atoms with Gasteiger partial charge in [-0.05, 0) is 61.1 Å². The van der Waals surface area contributed by atoms with E-state index < -0.39 is 35.2 Å². The molecule has 1 atom stereocenters. The SMILES string of the molecule is Cc1ccc(SCC(O)(CC(C)(C)c2cc(F)ccc2C)C(F)(F)F)cc1. The number of hydrogen-bond donors (Lipinski definition) is 1. The number of halogens is 4. The maximum Gasteiger partial charge on any atom is 0.418 e. The van der Waals surface area contributed by atoms with Gasteiger partial charge in [0.15, 0.2) is 5.60 Å². The number of alkyl halides is 3. The van der Waals surface area contributed by atoms with Gasteiger partial charge in [-0.25, -0.2) is 4.39 Å². The highest BCUT2D eigenvalue weighted by molar-refractivity contribution is 7.99. The molecular formula is C21H24F4OS. The lowest BCUT2D eigenvalue weighted by atomic mass is 9.74. The standard InChI is InChI=1S/C21H24F4OS/c1-14-5-9-17(10-6-14)27-13-20(26,21(23,24)25)12-19(3,4)18-11-16(22)8-7-15(18)2/h5-11,26H,12-13H2,1-4H3. The van der Waals surface area contributed by atoms with Crippen molar-refractivity contribution in [2.75, 3.05) is 5.75 Å². The number of hydrogen-bond acceptors (Lipinski definition) is 2. The van der Waals surface area contributed by atoms with Gasteiger partial charge in [-0.1, -0.05) is 37.6 Å². The summed E-state index contributed by atoms with van der Waals surface area (Å²) in [5.41, 5.74) is -1.80. The van der Waals surface area contributed by atoms with Crippen molar-refractivity contribution in [3.8, 4) is 0 Å². The Bertz CT molecular complexity index is 784. The van der Waals surface area contributed by atoms with E-state index in [-0.39, 0.29) is 0 Å². The fraction of sp³-hybridized carbons (Fsp3) is 0.429. The quantitative estimate of drug-likeness (QED) is 0.460. The molecule has 0 aliphatic heterocycles. The number of thioether (sulfide) groups is 1. The van der Waals surface area contributed by atoms with Gasteiger partial charge in [0.05, 0.1) is 0 Å². The Balaban J connectivity index is 2.29. The smallest absolute Gasteiger partial charge is 0.380 e. The highest BCUT2D eigenvalue weighted by Crippen LogP contribution is 2.44. The summed E-state index contributed by atoms with van der Waals surface area (Å²) >= 11 is 0.962. The molecule has 1 nitrogen and oxygen atoms in total. The number of aryl methyl sites for hydroxylation is 2. The van der Waals surface area contributed by atoms with Gasteiger partial charge < -0.3 is 5.11 Å². The van der Waals surface area contributed by atoms with Crippen LogP contribution in [0.4, 0.5) is 17.6 Å². The van der Waals surface area contributed by atoms with Crippen molar-refractivity contribution in [1.82, 2.24) is 0 Å². The van der Waals surface area contributed by atoms with Crippen LogP contribution in [-0.2, 0) is 5.41 Å². The van der Waals surface area contributed by atoms with Gasteiger partial charge in [0.2, 0.25) is 0 Å². The summed E-state index contributed by atoms with van der Waals surface area (Å²) in [5.74, 6) is -1.04. The minimum absolute atomic E-state index is 0.463. The molecule has 0 fully saturated rings. The topological polar surface area (TPSA) is 20.2 Å². The normalized spacial score (nSPS) is 14.9. The summed E-state index contributed by atoms with van der Waals surface area (Å²) in [4.78, 5) is 0.656. The summed E-state index contributed by atoms with van der Waals surface area (Å²) in [6, 6.07) is 11.2. The minimum atomic E-state index is -4.80. The van der Waals surface area contributed by atoms with Crippen LogP contribution in [0.3, 0.4) is 0 Å². The molecule has 0 spiro atoms. The molecule has 0 saturated heterocycles. The second-order valence-electron chi connectivity index (χ2n) is 7.65. The fourth-order valence-electron chi connectivity index (χ4n) is 3.22. The lowest BCUT2D eigenvalue weighted by Gasteiger charge is -2.38. The molecule has 148 valence electrons. The van der Waals surface area contributed by atoms with E-state index in [2.05, 4.69) is 0 Å². The van der Waals surface area contributed by atoms with Crippen molar-refractivity contribution in [2.24, 2.45) is 0 Å². The molecule has 0 heterocycles. The Morgan fingerprint density at radius 3 is 2.11 bits per heavy atom. The molecule has 1 unspecified atom stereocenters. The molecule has 2 aromatic carbocycles. The van der Waals surface area contributed by atoms with Gasteiger partial charge in [-0.15, -0.1) is 11.8 Å². The van der Waals surface area contributed by atoms with Crippen molar-refractivity contribution in [1.29, 1.82) is 0 Å². The Morgan fingerprint density at radius 1 is 0.963 bits per heavy atom. The van der Waals surface area contributed by atoms with Crippen LogP contribution in [0.25, 0.3) is 0 Å². The van der Waals surface area contributed by atoms with E-state index in [0.717, 1.165) is 17.3 Å². The highest BCUT2D eigenvalue weighted by atomic mass is 32.2. The molecule has 2 rings (SSSR count). The van der Waals surface area contributed by atoms with Crippen molar-refractivity contribution in [3.05, 3.63) is 65.0 Å². The van der Waals surface area contributed by atoms with Crippen LogP contribution in [-0.4, -0.2) is 22.6 Å². The van der Waals surface area contributed by atoms with Crippen LogP contribution < -0.4 is 0 Å². The van der Waals surface area contributed by atoms with Crippen LogP contribution in [0.2, 0.25) is 0 Å².